The summed E-state index contributed by atoms with van der Waals surface area (Å²) >= 11 is 1.87. The van der Waals surface area contributed by atoms with Crippen molar-refractivity contribution in [3.63, 3.8) is 0 Å². The molecule has 98 valence electrons. The van der Waals surface area contributed by atoms with Gasteiger partial charge in [-0.25, -0.2) is 4.79 Å². The van der Waals surface area contributed by atoms with E-state index in [9.17, 15) is 15.0 Å². The Morgan fingerprint density at radius 2 is 2.28 bits per heavy atom. The SMILES string of the molecule is Nc1nc(=O)n([C@@H]2OC(CO)=C(O)C2O)cc1I. The molecule has 0 saturated carbocycles. The lowest BCUT2D eigenvalue weighted by molar-refractivity contribution is -0.0172. The fraction of sp³-hybridized carbons (Fsp3) is 0.333. The highest BCUT2D eigenvalue weighted by molar-refractivity contribution is 14.1. The monoisotopic (exact) mass is 367 g/mol. The molecule has 1 aromatic heterocycles. The zero-order valence-corrected chi connectivity index (χ0v) is 11.1. The Kier molecular flexibility index (Phi) is 3.45. The van der Waals surface area contributed by atoms with E-state index in [0.717, 1.165) is 4.57 Å². The van der Waals surface area contributed by atoms with Crippen LogP contribution in [0.5, 0.6) is 0 Å². The van der Waals surface area contributed by atoms with E-state index >= 15 is 0 Å². The summed E-state index contributed by atoms with van der Waals surface area (Å²) in [5.41, 5.74) is 4.75. The Balaban J connectivity index is 2.42. The minimum atomic E-state index is -1.44. The second kappa shape index (κ2) is 4.74. The first-order chi connectivity index (χ1) is 8.45. The number of aliphatic hydroxyl groups is 3. The second-order valence-electron chi connectivity index (χ2n) is 3.58. The number of nitrogen functional groups attached to an aromatic ring is 1. The molecule has 2 atom stereocenters. The largest absolute Gasteiger partial charge is 0.506 e. The van der Waals surface area contributed by atoms with E-state index < -0.39 is 30.4 Å². The number of aliphatic hydroxyl groups excluding tert-OH is 3. The molecule has 1 aliphatic heterocycles. The molecule has 0 aliphatic carbocycles. The normalized spacial score (nSPS) is 23.3. The van der Waals surface area contributed by atoms with Gasteiger partial charge in [-0.15, -0.1) is 0 Å². The van der Waals surface area contributed by atoms with Crippen molar-refractivity contribution in [2.45, 2.75) is 12.3 Å². The van der Waals surface area contributed by atoms with Crippen LogP contribution in [0.4, 0.5) is 5.82 Å². The smallest absolute Gasteiger partial charge is 0.352 e. The quantitative estimate of drug-likeness (QED) is 0.498. The van der Waals surface area contributed by atoms with E-state index in [1.165, 1.54) is 6.20 Å². The maximum Gasteiger partial charge on any atom is 0.352 e. The number of hydrogen-bond acceptors (Lipinski definition) is 7. The van der Waals surface area contributed by atoms with Gasteiger partial charge >= 0.3 is 5.69 Å². The van der Waals surface area contributed by atoms with Gasteiger partial charge in [-0.3, -0.25) is 4.57 Å². The van der Waals surface area contributed by atoms with Gasteiger partial charge in [0.05, 0.1) is 3.57 Å². The number of nitrogens with two attached hydrogens (primary N) is 1. The first kappa shape index (κ1) is 13.1. The van der Waals surface area contributed by atoms with E-state index in [2.05, 4.69) is 4.98 Å². The van der Waals surface area contributed by atoms with E-state index in [0.29, 0.717) is 3.57 Å². The summed E-state index contributed by atoms with van der Waals surface area (Å²) in [7, 11) is 0. The molecular formula is C9H10IN3O5. The third-order valence-electron chi connectivity index (χ3n) is 2.45. The lowest BCUT2D eigenvalue weighted by Crippen LogP contribution is -2.33. The fourth-order valence-corrected chi connectivity index (χ4v) is 1.96. The van der Waals surface area contributed by atoms with E-state index in [4.69, 9.17) is 15.6 Å². The molecule has 0 spiro atoms. The van der Waals surface area contributed by atoms with Gasteiger partial charge in [0.1, 0.15) is 12.4 Å². The first-order valence-electron chi connectivity index (χ1n) is 4.87. The van der Waals surface area contributed by atoms with Crippen molar-refractivity contribution < 1.29 is 20.1 Å². The Morgan fingerprint density at radius 1 is 1.61 bits per heavy atom. The molecule has 2 heterocycles. The average molecular weight is 367 g/mol. The number of aromatic nitrogens is 2. The highest BCUT2D eigenvalue weighted by Gasteiger charge is 2.37. The van der Waals surface area contributed by atoms with Crippen LogP contribution in [0.3, 0.4) is 0 Å². The molecule has 1 unspecified atom stereocenters. The number of anilines is 1. The van der Waals surface area contributed by atoms with Crippen molar-refractivity contribution in [2.75, 3.05) is 12.3 Å². The van der Waals surface area contributed by atoms with Crippen molar-refractivity contribution in [1.29, 1.82) is 0 Å². The molecule has 0 radical (unpaired) electrons. The third-order valence-corrected chi connectivity index (χ3v) is 3.28. The highest BCUT2D eigenvalue weighted by atomic mass is 127. The lowest BCUT2D eigenvalue weighted by Gasteiger charge is -2.18. The minimum Gasteiger partial charge on any atom is -0.506 e. The van der Waals surface area contributed by atoms with Gasteiger partial charge in [0.25, 0.3) is 0 Å². The van der Waals surface area contributed by atoms with Gasteiger partial charge < -0.3 is 25.8 Å². The molecule has 18 heavy (non-hydrogen) atoms. The van der Waals surface area contributed by atoms with Crippen molar-refractivity contribution in [2.24, 2.45) is 0 Å². The van der Waals surface area contributed by atoms with Crippen LogP contribution in [-0.2, 0) is 4.74 Å². The van der Waals surface area contributed by atoms with E-state index in [1.807, 2.05) is 22.6 Å². The average Bonchev–Trinajstić information content (AvgIpc) is 2.61. The third kappa shape index (κ3) is 2.04. The van der Waals surface area contributed by atoms with E-state index in [1.54, 1.807) is 0 Å². The summed E-state index contributed by atoms with van der Waals surface area (Å²) in [5.74, 6) is -0.601. The van der Waals surface area contributed by atoms with E-state index in [-0.39, 0.29) is 11.6 Å². The van der Waals surface area contributed by atoms with Gasteiger partial charge in [-0.05, 0) is 22.6 Å². The minimum absolute atomic E-state index is 0.0731. The van der Waals surface area contributed by atoms with Gasteiger partial charge in [0, 0.05) is 6.20 Å². The summed E-state index contributed by atoms with van der Waals surface area (Å²) < 4.78 is 6.61. The van der Waals surface area contributed by atoms with Gasteiger partial charge in [0.2, 0.25) is 6.23 Å². The molecule has 0 fully saturated rings. The highest BCUT2D eigenvalue weighted by Crippen LogP contribution is 2.30. The fourth-order valence-electron chi connectivity index (χ4n) is 1.54. The van der Waals surface area contributed by atoms with Crippen LogP contribution in [-0.4, -0.2) is 37.6 Å². The second-order valence-corrected chi connectivity index (χ2v) is 4.75. The molecule has 0 bridgehead atoms. The molecular weight excluding hydrogens is 357 g/mol. The zero-order chi connectivity index (χ0) is 13.4. The van der Waals surface area contributed by atoms with Crippen LogP contribution in [0, 0.1) is 3.57 Å². The van der Waals surface area contributed by atoms with Gasteiger partial charge in [-0.2, -0.15) is 4.98 Å². The van der Waals surface area contributed by atoms with Crippen LogP contribution in [0.15, 0.2) is 22.5 Å². The number of ether oxygens (including phenoxy) is 1. The van der Waals surface area contributed by atoms with Gasteiger partial charge in [0.15, 0.2) is 17.6 Å². The van der Waals surface area contributed by atoms with Crippen LogP contribution < -0.4 is 11.4 Å². The maximum absolute atomic E-state index is 11.6. The van der Waals surface area contributed by atoms with Crippen LogP contribution >= 0.6 is 22.6 Å². The number of nitrogens with zero attached hydrogens (tertiary/aromatic N) is 2. The summed E-state index contributed by atoms with van der Waals surface area (Å²) in [6.07, 6.45) is -1.25. The molecule has 5 N–H and O–H groups in total. The molecule has 2 rings (SSSR count). The lowest BCUT2D eigenvalue weighted by atomic mass is 10.2. The molecule has 0 aromatic carbocycles. The summed E-state index contributed by atoms with van der Waals surface area (Å²) in [4.78, 5) is 15.2. The molecule has 0 saturated heterocycles. The van der Waals surface area contributed by atoms with Gasteiger partial charge in [-0.1, -0.05) is 0 Å². The zero-order valence-electron chi connectivity index (χ0n) is 8.95. The summed E-state index contributed by atoms with van der Waals surface area (Å²) in [6.45, 7) is -0.576. The predicted octanol–water partition coefficient (Wildman–Crippen LogP) is -0.918. The molecule has 0 amide bonds. The molecule has 9 heteroatoms. The molecule has 8 nitrogen and oxygen atoms in total. The molecule has 1 aliphatic rings. The first-order valence-corrected chi connectivity index (χ1v) is 5.95. The Labute approximate surface area is 114 Å². The predicted molar refractivity (Wildman–Crippen MR) is 68.5 cm³/mol. The number of hydrogen-bond donors (Lipinski definition) is 4. The van der Waals surface area contributed by atoms with Crippen molar-refractivity contribution in [3.05, 3.63) is 31.8 Å². The maximum atomic E-state index is 11.6. The van der Waals surface area contributed by atoms with Crippen LogP contribution in [0.2, 0.25) is 0 Å². The molecule has 1 aromatic rings. The van der Waals surface area contributed by atoms with Crippen LogP contribution in [0.1, 0.15) is 6.23 Å². The Morgan fingerprint density at radius 3 is 2.83 bits per heavy atom. The Hall–Kier alpha value is -1.33. The van der Waals surface area contributed by atoms with Crippen molar-refractivity contribution in [3.8, 4) is 0 Å². The standard InChI is InChI=1S/C9H10IN3O5/c10-3-1-13(9(17)12-7(3)11)8-6(16)5(15)4(2-14)18-8/h1,6,8,14-16H,2H2,(H2,11,12,17)/t6?,8-/m1/s1. The summed E-state index contributed by atoms with van der Waals surface area (Å²) in [5, 5.41) is 28.1. The van der Waals surface area contributed by atoms with Crippen molar-refractivity contribution in [1.82, 2.24) is 9.55 Å². The van der Waals surface area contributed by atoms with Crippen LogP contribution in [0.25, 0.3) is 0 Å². The van der Waals surface area contributed by atoms with Crippen molar-refractivity contribution >= 4 is 28.4 Å². The number of halogens is 1. The Bertz CT molecular complexity index is 570. The summed E-state index contributed by atoms with van der Waals surface area (Å²) in [6, 6.07) is 0. The number of rotatable bonds is 2. The topological polar surface area (TPSA) is 131 Å².